The average Bonchev–Trinajstić information content (AvgIpc) is 2.93. The van der Waals surface area contributed by atoms with Gasteiger partial charge < -0.3 is 14.5 Å². The third-order valence-corrected chi connectivity index (χ3v) is 5.90. The first-order valence-electron chi connectivity index (χ1n) is 6.65. The fraction of sp³-hybridized carbons (Fsp3) is 0.333. The van der Waals surface area contributed by atoms with Crippen molar-refractivity contribution in [1.29, 1.82) is 5.26 Å². The maximum Gasteiger partial charge on any atom is 0.305 e. The fourth-order valence-electron chi connectivity index (χ4n) is 2.63. The lowest BCUT2D eigenvalue weighted by Crippen LogP contribution is -2.19. The van der Waals surface area contributed by atoms with Crippen LogP contribution in [0, 0.1) is 17.2 Å². The molecule has 0 aliphatic carbocycles. The van der Waals surface area contributed by atoms with Gasteiger partial charge in [0.15, 0.2) is 11.5 Å². The molecular formula is C15H14N2O3S2. The van der Waals surface area contributed by atoms with E-state index in [9.17, 15) is 10.1 Å². The van der Waals surface area contributed by atoms with Crippen LogP contribution < -0.4 is 14.3 Å². The van der Waals surface area contributed by atoms with Gasteiger partial charge in [0.2, 0.25) is 0 Å². The van der Waals surface area contributed by atoms with Gasteiger partial charge >= 0.3 is 4.87 Å². The number of H-pyrrole nitrogens is 1. The van der Waals surface area contributed by atoms with Gasteiger partial charge in [-0.3, -0.25) is 4.79 Å². The van der Waals surface area contributed by atoms with E-state index in [1.54, 1.807) is 14.2 Å². The van der Waals surface area contributed by atoms with Crippen LogP contribution in [0.5, 0.6) is 11.5 Å². The lowest BCUT2D eigenvalue weighted by molar-refractivity contribution is 0.354. The minimum atomic E-state index is -0.179. The zero-order valence-corrected chi connectivity index (χ0v) is 13.7. The van der Waals surface area contributed by atoms with Crippen LogP contribution in [-0.4, -0.2) is 25.0 Å². The first-order valence-corrected chi connectivity index (χ1v) is 8.45. The number of nitriles is 1. The molecule has 1 aliphatic heterocycles. The lowest BCUT2D eigenvalue weighted by atomic mass is 9.86. The number of thioether (sulfide) groups is 1. The summed E-state index contributed by atoms with van der Waals surface area (Å²) in [5, 5.41) is 10.4. The van der Waals surface area contributed by atoms with Gasteiger partial charge in [-0.25, -0.2) is 0 Å². The Hall–Kier alpha value is -1.91. The van der Waals surface area contributed by atoms with Crippen molar-refractivity contribution in [1.82, 2.24) is 4.98 Å². The van der Waals surface area contributed by atoms with Gasteiger partial charge in [-0.05, 0) is 17.7 Å². The summed E-state index contributed by atoms with van der Waals surface area (Å²) in [6.45, 7) is 0. The molecule has 0 bridgehead atoms. The Morgan fingerprint density at radius 3 is 2.77 bits per heavy atom. The molecule has 22 heavy (non-hydrogen) atoms. The number of methoxy groups -OCH3 is 2. The number of rotatable bonds is 3. The van der Waals surface area contributed by atoms with Crippen LogP contribution >= 0.6 is 23.1 Å². The highest BCUT2D eigenvalue weighted by Gasteiger charge is 2.34. The predicted molar refractivity (Wildman–Crippen MR) is 86.2 cm³/mol. The minimum absolute atomic E-state index is 0.0819. The van der Waals surface area contributed by atoms with Crippen molar-refractivity contribution in [2.45, 2.75) is 10.9 Å². The van der Waals surface area contributed by atoms with E-state index in [2.05, 4.69) is 11.1 Å². The molecule has 5 nitrogen and oxygen atoms in total. The van der Waals surface area contributed by atoms with Crippen LogP contribution in [-0.2, 0) is 0 Å². The summed E-state index contributed by atoms with van der Waals surface area (Å²) < 4.78 is 10.6. The number of nitrogens with zero attached hydrogens (tertiary/aromatic N) is 1. The standard InChI is InChI=1S/C15H14N2O3S2/c1-19-10-4-3-8(5-11(10)20-2)12-9(6-16)7-21-14-13(12)22-15(18)17-14/h3-5,9,12H,7H2,1-2H3,(H,17,18)/t9-,12+/m1/s1. The van der Waals surface area contributed by atoms with E-state index < -0.39 is 0 Å². The first kappa shape index (κ1) is 15.0. The van der Waals surface area contributed by atoms with E-state index in [0.717, 1.165) is 15.5 Å². The summed E-state index contributed by atoms with van der Waals surface area (Å²) in [5.74, 6) is 1.63. The molecule has 0 fully saturated rings. The first-order chi connectivity index (χ1) is 10.7. The number of aromatic amines is 1. The molecule has 1 aromatic carbocycles. The molecule has 2 atom stereocenters. The van der Waals surface area contributed by atoms with Crippen LogP contribution in [0.2, 0.25) is 0 Å². The molecule has 2 heterocycles. The second-order valence-electron chi connectivity index (χ2n) is 4.85. The zero-order chi connectivity index (χ0) is 15.7. The van der Waals surface area contributed by atoms with Crippen molar-refractivity contribution in [3.05, 3.63) is 38.3 Å². The summed E-state index contributed by atoms with van der Waals surface area (Å²) in [5.41, 5.74) is 0.959. The summed E-state index contributed by atoms with van der Waals surface area (Å²) >= 11 is 2.72. The maximum atomic E-state index is 11.7. The Labute approximate surface area is 135 Å². The Kier molecular flexibility index (Phi) is 4.14. The van der Waals surface area contributed by atoms with Crippen molar-refractivity contribution in [3.63, 3.8) is 0 Å². The van der Waals surface area contributed by atoms with Crippen molar-refractivity contribution < 1.29 is 9.47 Å². The number of aromatic nitrogens is 1. The zero-order valence-electron chi connectivity index (χ0n) is 12.1. The Bertz CT molecular complexity index is 791. The van der Waals surface area contributed by atoms with Crippen molar-refractivity contribution in [3.8, 4) is 17.6 Å². The second-order valence-corrected chi connectivity index (χ2v) is 6.89. The highest BCUT2D eigenvalue weighted by Crippen LogP contribution is 2.46. The van der Waals surface area contributed by atoms with Gasteiger partial charge in [0.05, 0.1) is 31.2 Å². The quantitative estimate of drug-likeness (QED) is 0.934. The molecule has 7 heteroatoms. The summed E-state index contributed by atoms with van der Waals surface area (Å²) in [6, 6.07) is 8.02. The van der Waals surface area contributed by atoms with E-state index >= 15 is 0 Å². The lowest BCUT2D eigenvalue weighted by Gasteiger charge is -2.26. The van der Waals surface area contributed by atoms with E-state index in [-0.39, 0.29) is 16.7 Å². The average molecular weight is 334 g/mol. The molecular weight excluding hydrogens is 320 g/mol. The Balaban J connectivity index is 2.12. The number of ether oxygens (including phenoxy) is 2. The van der Waals surface area contributed by atoms with Crippen LogP contribution in [0.3, 0.4) is 0 Å². The number of thiazole rings is 1. The van der Waals surface area contributed by atoms with Crippen LogP contribution in [0.4, 0.5) is 0 Å². The molecule has 0 spiro atoms. The molecule has 114 valence electrons. The normalized spacial score (nSPS) is 20.0. The Morgan fingerprint density at radius 2 is 2.09 bits per heavy atom. The van der Waals surface area contributed by atoms with Crippen molar-refractivity contribution in [2.75, 3.05) is 20.0 Å². The van der Waals surface area contributed by atoms with Crippen LogP contribution in [0.15, 0.2) is 28.0 Å². The van der Waals surface area contributed by atoms with Crippen molar-refractivity contribution >= 4 is 23.1 Å². The van der Waals surface area contributed by atoms with Gasteiger partial charge in [0, 0.05) is 16.5 Å². The highest BCUT2D eigenvalue weighted by molar-refractivity contribution is 7.99. The monoisotopic (exact) mass is 334 g/mol. The second kappa shape index (κ2) is 6.07. The fourth-order valence-corrected chi connectivity index (χ4v) is 4.97. The smallest absolute Gasteiger partial charge is 0.305 e. The molecule has 0 saturated heterocycles. The van der Waals surface area contributed by atoms with Gasteiger partial charge in [0.1, 0.15) is 0 Å². The summed E-state index contributed by atoms with van der Waals surface area (Å²) in [4.78, 5) is 15.4. The van der Waals surface area contributed by atoms with Crippen LogP contribution in [0.1, 0.15) is 16.4 Å². The van der Waals surface area contributed by atoms with Crippen molar-refractivity contribution in [2.24, 2.45) is 5.92 Å². The molecule has 0 radical (unpaired) electrons. The molecule has 0 saturated carbocycles. The molecule has 1 aliphatic rings. The van der Waals surface area contributed by atoms with E-state index in [1.807, 2.05) is 18.2 Å². The topological polar surface area (TPSA) is 75.1 Å². The van der Waals surface area contributed by atoms with Gasteiger partial charge in [-0.15, -0.1) is 11.8 Å². The predicted octanol–water partition coefficient (Wildman–Crippen LogP) is 2.83. The third kappa shape index (κ3) is 2.49. The highest BCUT2D eigenvalue weighted by atomic mass is 32.2. The largest absolute Gasteiger partial charge is 0.493 e. The van der Waals surface area contributed by atoms with E-state index in [0.29, 0.717) is 17.3 Å². The number of hydrogen-bond donors (Lipinski definition) is 1. The number of hydrogen-bond acceptors (Lipinski definition) is 6. The van der Waals surface area contributed by atoms with Gasteiger partial charge in [-0.2, -0.15) is 5.26 Å². The molecule has 3 rings (SSSR count). The molecule has 0 amide bonds. The van der Waals surface area contributed by atoms with E-state index in [4.69, 9.17) is 9.47 Å². The number of nitrogens with one attached hydrogen (secondary N) is 1. The van der Waals surface area contributed by atoms with Crippen LogP contribution in [0.25, 0.3) is 0 Å². The van der Waals surface area contributed by atoms with Gasteiger partial charge in [0.25, 0.3) is 0 Å². The van der Waals surface area contributed by atoms with Gasteiger partial charge in [-0.1, -0.05) is 17.4 Å². The Morgan fingerprint density at radius 1 is 1.32 bits per heavy atom. The third-order valence-electron chi connectivity index (χ3n) is 3.67. The number of benzene rings is 1. The number of fused-ring (bicyclic) bond motifs is 1. The SMILES string of the molecule is COc1ccc([C@@H]2c3sc(=O)[nH]c3SC[C@H]2C#N)cc1OC. The summed E-state index contributed by atoms with van der Waals surface area (Å²) in [7, 11) is 3.17. The molecule has 2 aromatic rings. The summed E-state index contributed by atoms with van der Waals surface area (Å²) in [6.07, 6.45) is 0. The maximum absolute atomic E-state index is 11.7. The molecule has 1 aromatic heterocycles. The molecule has 1 N–H and O–H groups in total. The molecule has 0 unspecified atom stereocenters. The van der Waals surface area contributed by atoms with E-state index in [1.165, 1.54) is 23.1 Å². The minimum Gasteiger partial charge on any atom is -0.493 e.